The van der Waals surface area contributed by atoms with E-state index < -0.39 is 17.6 Å². The largest absolute Gasteiger partial charge is 0.459 e. The summed E-state index contributed by atoms with van der Waals surface area (Å²) in [6.45, 7) is 8.22. The standard InChI is InChI=1S/C23H30N4O5/c1-15(24-21(29)19-10-7-13-31-19)20(28)26-18-9-6-5-8-17(18)25-16-11-12-27(14-16)22(30)32-23(2,3)4/h5-10,13,15-16,25H,11-12,14H2,1-4H3,(H,24,29)(H,26,28)/t15-,16+/m1/s1. The summed E-state index contributed by atoms with van der Waals surface area (Å²) in [5.41, 5.74) is 0.788. The van der Waals surface area contributed by atoms with Crippen LogP contribution in [0.2, 0.25) is 0 Å². The molecule has 3 rings (SSSR count). The molecule has 9 heteroatoms. The smallest absolute Gasteiger partial charge is 0.410 e. The zero-order valence-corrected chi connectivity index (χ0v) is 18.8. The normalized spacial score (nSPS) is 16.9. The van der Waals surface area contributed by atoms with Crippen LogP contribution in [0.15, 0.2) is 47.1 Å². The number of para-hydroxylation sites is 2. The van der Waals surface area contributed by atoms with E-state index in [9.17, 15) is 14.4 Å². The van der Waals surface area contributed by atoms with Gasteiger partial charge in [0.2, 0.25) is 5.91 Å². The van der Waals surface area contributed by atoms with Gasteiger partial charge in [0, 0.05) is 19.1 Å². The molecule has 3 amide bonds. The highest BCUT2D eigenvalue weighted by molar-refractivity contribution is 6.01. The summed E-state index contributed by atoms with van der Waals surface area (Å²) >= 11 is 0. The van der Waals surface area contributed by atoms with Gasteiger partial charge in [-0.25, -0.2) is 4.79 Å². The first-order valence-corrected chi connectivity index (χ1v) is 10.6. The second-order valence-corrected chi connectivity index (χ2v) is 8.76. The Kier molecular flexibility index (Phi) is 7.07. The average Bonchev–Trinajstić information content (AvgIpc) is 3.40. The van der Waals surface area contributed by atoms with Crippen molar-refractivity contribution in [3.63, 3.8) is 0 Å². The molecule has 0 aliphatic carbocycles. The van der Waals surface area contributed by atoms with Gasteiger partial charge in [-0.2, -0.15) is 0 Å². The molecule has 3 N–H and O–H groups in total. The van der Waals surface area contributed by atoms with Crippen molar-refractivity contribution in [2.24, 2.45) is 0 Å². The number of likely N-dealkylation sites (tertiary alicyclic amines) is 1. The van der Waals surface area contributed by atoms with Crippen molar-refractivity contribution >= 4 is 29.3 Å². The third-order valence-corrected chi connectivity index (χ3v) is 4.87. The van der Waals surface area contributed by atoms with Crippen molar-refractivity contribution in [3.05, 3.63) is 48.4 Å². The van der Waals surface area contributed by atoms with E-state index >= 15 is 0 Å². The minimum absolute atomic E-state index is 0.0247. The number of carbonyl (C=O) groups excluding carboxylic acids is 3. The first kappa shape index (κ1) is 23.2. The van der Waals surface area contributed by atoms with E-state index in [2.05, 4.69) is 16.0 Å². The Labute approximate surface area is 187 Å². The second kappa shape index (κ2) is 9.76. The second-order valence-electron chi connectivity index (χ2n) is 8.76. The lowest BCUT2D eigenvalue weighted by atomic mass is 10.2. The monoisotopic (exact) mass is 442 g/mol. The Morgan fingerprint density at radius 1 is 1.12 bits per heavy atom. The quantitative estimate of drug-likeness (QED) is 0.632. The maximum atomic E-state index is 12.6. The molecule has 2 heterocycles. The van der Waals surface area contributed by atoms with E-state index in [0.29, 0.717) is 18.8 Å². The van der Waals surface area contributed by atoms with Crippen LogP contribution in [-0.2, 0) is 9.53 Å². The van der Waals surface area contributed by atoms with Gasteiger partial charge in [-0.3, -0.25) is 9.59 Å². The third-order valence-electron chi connectivity index (χ3n) is 4.87. The molecule has 0 unspecified atom stereocenters. The molecule has 1 saturated heterocycles. The first-order valence-electron chi connectivity index (χ1n) is 10.6. The average molecular weight is 443 g/mol. The third kappa shape index (κ3) is 6.26. The summed E-state index contributed by atoms with van der Waals surface area (Å²) in [6.07, 6.45) is 1.83. The van der Waals surface area contributed by atoms with E-state index in [1.807, 2.05) is 39.0 Å². The zero-order valence-electron chi connectivity index (χ0n) is 18.8. The van der Waals surface area contributed by atoms with Crippen LogP contribution in [0, 0.1) is 0 Å². The molecule has 1 aromatic heterocycles. The number of carbonyl (C=O) groups is 3. The lowest BCUT2D eigenvalue weighted by Crippen LogP contribution is -2.41. The molecule has 32 heavy (non-hydrogen) atoms. The van der Waals surface area contributed by atoms with Gasteiger partial charge in [0.25, 0.3) is 5.91 Å². The van der Waals surface area contributed by atoms with Crippen LogP contribution in [0.3, 0.4) is 0 Å². The van der Waals surface area contributed by atoms with E-state index in [1.165, 1.54) is 12.3 Å². The van der Waals surface area contributed by atoms with Gasteiger partial charge in [0.15, 0.2) is 5.76 Å². The summed E-state index contributed by atoms with van der Waals surface area (Å²) in [6, 6.07) is 9.71. The summed E-state index contributed by atoms with van der Waals surface area (Å²) in [5.74, 6) is -0.680. The van der Waals surface area contributed by atoms with Crippen LogP contribution in [0.4, 0.5) is 16.2 Å². The summed E-state index contributed by atoms with van der Waals surface area (Å²) in [7, 11) is 0. The number of hydrogen-bond acceptors (Lipinski definition) is 6. The molecule has 1 fully saturated rings. The molecule has 1 aromatic carbocycles. The van der Waals surface area contributed by atoms with Crippen molar-refractivity contribution in [1.82, 2.24) is 10.2 Å². The fraction of sp³-hybridized carbons (Fsp3) is 0.435. The van der Waals surface area contributed by atoms with Gasteiger partial charge in [-0.15, -0.1) is 0 Å². The van der Waals surface area contributed by atoms with Gasteiger partial charge in [-0.1, -0.05) is 12.1 Å². The Balaban J connectivity index is 1.57. The fourth-order valence-electron chi connectivity index (χ4n) is 3.29. The molecule has 0 bridgehead atoms. The Morgan fingerprint density at radius 2 is 1.84 bits per heavy atom. The Hall–Kier alpha value is -3.49. The summed E-state index contributed by atoms with van der Waals surface area (Å²) in [5, 5.41) is 8.85. The molecular weight excluding hydrogens is 412 g/mol. The molecule has 0 spiro atoms. The lowest BCUT2D eigenvalue weighted by Gasteiger charge is -2.24. The van der Waals surface area contributed by atoms with E-state index in [4.69, 9.17) is 9.15 Å². The maximum Gasteiger partial charge on any atom is 0.410 e. The van der Waals surface area contributed by atoms with Crippen LogP contribution in [0.25, 0.3) is 0 Å². The van der Waals surface area contributed by atoms with Gasteiger partial charge < -0.3 is 30.0 Å². The number of anilines is 2. The van der Waals surface area contributed by atoms with Crippen molar-refractivity contribution in [2.45, 2.75) is 51.8 Å². The SMILES string of the molecule is C[C@@H](NC(=O)c1ccco1)C(=O)Nc1ccccc1N[C@H]1CCN(C(=O)OC(C)(C)C)C1. The predicted octanol–water partition coefficient (Wildman–Crippen LogP) is 3.46. The number of ether oxygens (including phenoxy) is 1. The molecule has 1 aliphatic rings. The van der Waals surface area contributed by atoms with Crippen LogP contribution in [0.1, 0.15) is 44.7 Å². The molecule has 9 nitrogen and oxygen atoms in total. The molecule has 2 atom stereocenters. The number of amides is 3. The molecule has 0 radical (unpaired) electrons. The molecule has 1 aliphatic heterocycles. The summed E-state index contributed by atoms with van der Waals surface area (Å²) in [4.78, 5) is 38.7. The molecular formula is C23H30N4O5. The van der Waals surface area contributed by atoms with E-state index in [1.54, 1.807) is 24.0 Å². The van der Waals surface area contributed by atoms with Crippen LogP contribution in [0.5, 0.6) is 0 Å². The number of hydrogen-bond donors (Lipinski definition) is 3. The van der Waals surface area contributed by atoms with Crippen molar-refractivity contribution in [3.8, 4) is 0 Å². The highest BCUT2D eigenvalue weighted by Crippen LogP contribution is 2.25. The Morgan fingerprint density at radius 3 is 2.50 bits per heavy atom. The minimum Gasteiger partial charge on any atom is -0.459 e. The number of furan rings is 1. The van der Waals surface area contributed by atoms with Gasteiger partial charge in [0.05, 0.1) is 17.6 Å². The van der Waals surface area contributed by atoms with Crippen LogP contribution >= 0.6 is 0 Å². The van der Waals surface area contributed by atoms with Crippen LogP contribution < -0.4 is 16.0 Å². The topological polar surface area (TPSA) is 113 Å². The van der Waals surface area contributed by atoms with Gasteiger partial charge in [-0.05, 0) is 58.4 Å². The molecule has 0 saturated carbocycles. The summed E-state index contributed by atoms with van der Waals surface area (Å²) < 4.78 is 10.5. The van der Waals surface area contributed by atoms with E-state index in [-0.39, 0.29) is 23.8 Å². The molecule has 2 aromatic rings. The highest BCUT2D eigenvalue weighted by atomic mass is 16.6. The number of nitrogens with zero attached hydrogens (tertiary/aromatic N) is 1. The minimum atomic E-state index is -0.769. The lowest BCUT2D eigenvalue weighted by molar-refractivity contribution is -0.117. The van der Waals surface area contributed by atoms with Crippen molar-refractivity contribution in [1.29, 1.82) is 0 Å². The first-order chi connectivity index (χ1) is 15.1. The zero-order chi connectivity index (χ0) is 23.3. The van der Waals surface area contributed by atoms with Crippen molar-refractivity contribution in [2.75, 3.05) is 23.7 Å². The van der Waals surface area contributed by atoms with Crippen molar-refractivity contribution < 1.29 is 23.5 Å². The number of nitrogens with one attached hydrogen (secondary N) is 3. The maximum absolute atomic E-state index is 12.6. The predicted molar refractivity (Wildman–Crippen MR) is 121 cm³/mol. The van der Waals surface area contributed by atoms with E-state index in [0.717, 1.165) is 12.1 Å². The van der Waals surface area contributed by atoms with Crippen LogP contribution in [-0.4, -0.2) is 53.6 Å². The molecule has 172 valence electrons. The van der Waals surface area contributed by atoms with Gasteiger partial charge in [0.1, 0.15) is 11.6 Å². The Bertz CT molecular complexity index is 952. The number of benzene rings is 1. The van der Waals surface area contributed by atoms with Gasteiger partial charge >= 0.3 is 6.09 Å². The highest BCUT2D eigenvalue weighted by Gasteiger charge is 2.30. The fourth-order valence-corrected chi connectivity index (χ4v) is 3.29. The number of rotatable bonds is 6.